The predicted molar refractivity (Wildman–Crippen MR) is 120 cm³/mol. The van der Waals surface area contributed by atoms with Crippen LogP contribution >= 0.6 is 0 Å². The Morgan fingerprint density at radius 1 is 0.862 bits per heavy atom. The lowest BCUT2D eigenvalue weighted by atomic mass is 10.2. The number of anilines is 3. The van der Waals surface area contributed by atoms with E-state index in [1.807, 2.05) is 23.1 Å². The van der Waals surface area contributed by atoms with E-state index < -0.39 is 0 Å². The minimum atomic E-state index is -0.0145. The van der Waals surface area contributed by atoms with Crippen LogP contribution in [0.15, 0.2) is 54.6 Å². The van der Waals surface area contributed by atoms with Crippen molar-refractivity contribution in [2.75, 3.05) is 68.5 Å². The number of carbonyl (C=O) groups excluding carboxylic acids is 1. The van der Waals surface area contributed by atoms with Gasteiger partial charge in [-0.2, -0.15) is 0 Å². The van der Waals surface area contributed by atoms with E-state index in [2.05, 4.69) is 70.5 Å². The first-order valence-electron chi connectivity index (χ1n) is 10.5. The van der Waals surface area contributed by atoms with Gasteiger partial charge in [0.1, 0.15) is 0 Å². The van der Waals surface area contributed by atoms with Gasteiger partial charge in [-0.1, -0.05) is 18.2 Å². The predicted octanol–water partition coefficient (Wildman–Crippen LogP) is 3.18. The minimum Gasteiger partial charge on any atom is -0.370 e. The van der Waals surface area contributed by atoms with Crippen LogP contribution in [0, 0.1) is 0 Å². The maximum Gasteiger partial charge on any atom is 0.321 e. The molecule has 0 spiro atoms. The smallest absolute Gasteiger partial charge is 0.321 e. The van der Waals surface area contributed by atoms with Crippen LogP contribution in [0.25, 0.3) is 0 Å². The number of para-hydroxylation sites is 1. The molecule has 0 aromatic heterocycles. The molecule has 1 atom stereocenters. The second-order valence-electron chi connectivity index (χ2n) is 8.14. The Kier molecular flexibility index (Phi) is 5.90. The van der Waals surface area contributed by atoms with Crippen LogP contribution in [0.5, 0.6) is 0 Å². The van der Waals surface area contributed by atoms with E-state index in [0.717, 1.165) is 45.0 Å². The fourth-order valence-electron chi connectivity index (χ4n) is 4.16. The third-order valence-corrected chi connectivity index (χ3v) is 6.07. The third-order valence-electron chi connectivity index (χ3n) is 6.07. The molecule has 6 nitrogen and oxygen atoms in total. The van der Waals surface area contributed by atoms with Crippen LogP contribution in [0.3, 0.4) is 0 Å². The van der Waals surface area contributed by atoms with Crippen molar-refractivity contribution in [1.29, 1.82) is 0 Å². The molecule has 4 rings (SSSR count). The molecule has 0 bridgehead atoms. The Morgan fingerprint density at radius 3 is 2.14 bits per heavy atom. The lowest BCUT2D eigenvalue weighted by molar-refractivity contribution is 0.208. The molecule has 29 heavy (non-hydrogen) atoms. The number of urea groups is 1. The summed E-state index contributed by atoms with van der Waals surface area (Å²) in [6, 6.07) is 19.2. The van der Waals surface area contributed by atoms with Crippen LogP contribution in [0.4, 0.5) is 21.9 Å². The van der Waals surface area contributed by atoms with Crippen LogP contribution in [-0.2, 0) is 0 Å². The fourth-order valence-corrected chi connectivity index (χ4v) is 4.16. The number of hydrogen-bond acceptors (Lipinski definition) is 4. The van der Waals surface area contributed by atoms with E-state index in [1.54, 1.807) is 0 Å². The Labute approximate surface area is 173 Å². The van der Waals surface area contributed by atoms with E-state index in [9.17, 15) is 4.79 Å². The van der Waals surface area contributed by atoms with E-state index in [1.165, 1.54) is 17.8 Å². The molecule has 1 unspecified atom stereocenters. The van der Waals surface area contributed by atoms with Crippen molar-refractivity contribution in [3.05, 3.63) is 54.6 Å². The third kappa shape index (κ3) is 4.65. The summed E-state index contributed by atoms with van der Waals surface area (Å²) in [5, 5.41) is 3.05. The van der Waals surface area contributed by atoms with Gasteiger partial charge in [0.15, 0.2) is 0 Å². The lowest BCUT2D eigenvalue weighted by Crippen LogP contribution is -2.50. The van der Waals surface area contributed by atoms with Crippen LogP contribution in [0.1, 0.15) is 6.42 Å². The highest BCUT2D eigenvalue weighted by Gasteiger charge is 2.24. The quantitative estimate of drug-likeness (QED) is 0.866. The van der Waals surface area contributed by atoms with Crippen LogP contribution in [0.2, 0.25) is 0 Å². The van der Waals surface area contributed by atoms with E-state index >= 15 is 0 Å². The monoisotopic (exact) mass is 393 g/mol. The molecule has 2 aliphatic rings. The second kappa shape index (κ2) is 8.74. The molecule has 0 saturated carbocycles. The molecule has 2 aromatic carbocycles. The van der Waals surface area contributed by atoms with E-state index in [-0.39, 0.29) is 6.03 Å². The summed E-state index contributed by atoms with van der Waals surface area (Å²) in [4.78, 5) is 21.6. The average Bonchev–Trinajstić information content (AvgIpc) is 3.26. The first-order valence-corrected chi connectivity index (χ1v) is 10.5. The topological polar surface area (TPSA) is 42.1 Å². The molecule has 0 aliphatic carbocycles. The fraction of sp³-hybridized carbons (Fsp3) is 0.435. The van der Waals surface area contributed by atoms with Crippen molar-refractivity contribution >= 4 is 23.1 Å². The molecule has 2 aromatic rings. The summed E-state index contributed by atoms with van der Waals surface area (Å²) in [6.07, 6.45) is 1.19. The standard InChI is InChI=1S/C23H31N5O/c1-25(2)22-12-13-28(18-22)21-10-8-19(9-11-21)24-23(29)27-16-14-26(15-17-27)20-6-4-3-5-7-20/h3-11,22H,12-18H2,1-2H3,(H,24,29). The number of benzene rings is 2. The molecule has 2 aliphatic heterocycles. The van der Waals surface area contributed by atoms with Gasteiger partial charge in [0, 0.05) is 62.4 Å². The highest BCUT2D eigenvalue weighted by Crippen LogP contribution is 2.24. The zero-order valence-electron chi connectivity index (χ0n) is 17.4. The summed E-state index contributed by atoms with van der Waals surface area (Å²) in [7, 11) is 4.29. The van der Waals surface area contributed by atoms with Gasteiger partial charge in [0.2, 0.25) is 0 Å². The number of amides is 2. The van der Waals surface area contributed by atoms with Gasteiger partial charge < -0.3 is 24.9 Å². The van der Waals surface area contributed by atoms with Crippen molar-refractivity contribution in [3.63, 3.8) is 0 Å². The number of hydrogen-bond donors (Lipinski definition) is 1. The van der Waals surface area contributed by atoms with Crippen LogP contribution < -0.4 is 15.1 Å². The minimum absolute atomic E-state index is 0.0145. The molecule has 6 heteroatoms. The zero-order chi connectivity index (χ0) is 20.2. The molecule has 2 amide bonds. The van der Waals surface area contributed by atoms with E-state index in [4.69, 9.17) is 0 Å². The van der Waals surface area contributed by atoms with Crippen molar-refractivity contribution in [2.45, 2.75) is 12.5 Å². The normalized spacial score (nSPS) is 19.7. The summed E-state index contributed by atoms with van der Waals surface area (Å²) >= 11 is 0. The number of likely N-dealkylation sites (N-methyl/N-ethyl adjacent to an activating group) is 1. The first-order chi connectivity index (χ1) is 14.1. The van der Waals surface area contributed by atoms with Crippen molar-refractivity contribution in [2.24, 2.45) is 0 Å². The molecule has 1 N–H and O–H groups in total. The number of nitrogens with zero attached hydrogens (tertiary/aromatic N) is 4. The Bertz CT molecular complexity index is 800. The van der Waals surface area contributed by atoms with E-state index in [0.29, 0.717) is 6.04 Å². The maximum absolute atomic E-state index is 12.7. The number of rotatable bonds is 4. The first kappa shape index (κ1) is 19.6. The number of nitrogens with one attached hydrogen (secondary N) is 1. The van der Waals surface area contributed by atoms with Crippen molar-refractivity contribution in [1.82, 2.24) is 9.80 Å². The summed E-state index contributed by atoms with van der Waals surface area (Å²) in [5.74, 6) is 0. The largest absolute Gasteiger partial charge is 0.370 e. The molecule has 2 heterocycles. The average molecular weight is 394 g/mol. The van der Waals surface area contributed by atoms with Crippen molar-refractivity contribution < 1.29 is 4.79 Å². The van der Waals surface area contributed by atoms with Gasteiger partial charge in [-0.15, -0.1) is 0 Å². The lowest BCUT2D eigenvalue weighted by Gasteiger charge is -2.36. The summed E-state index contributed by atoms with van der Waals surface area (Å²) in [5.41, 5.74) is 3.30. The van der Waals surface area contributed by atoms with Gasteiger partial charge in [-0.05, 0) is 56.9 Å². The van der Waals surface area contributed by atoms with Gasteiger partial charge in [-0.25, -0.2) is 4.79 Å². The number of carbonyl (C=O) groups is 1. The van der Waals surface area contributed by atoms with Gasteiger partial charge in [0.05, 0.1) is 0 Å². The van der Waals surface area contributed by atoms with Gasteiger partial charge >= 0.3 is 6.03 Å². The maximum atomic E-state index is 12.7. The summed E-state index contributed by atoms with van der Waals surface area (Å²) < 4.78 is 0. The number of piperazine rings is 1. The van der Waals surface area contributed by atoms with Gasteiger partial charge in [0.25, 0.3) is 0 Å². The highest BCUT2D eigenvalue weighted by molar-refractivity contribution is 5.89. The summed E-state index contributed by atoms with van der Waals surface area (Å²) in [6.45, 7) is 5.33. The highest BCUT2D eigenvalue weighted by atomic mass is 16.2. The molecular formula is C23H31N5O. The molecule has 2 fully saturated rings. The van der Waals surface area contributed by atoms with Gasteiger partial charge in [-0.3, -0.25) is 0 Å². The Morgan fingerprint density at radius 2 is 1.52 bits per heavy atom. The zero-order valence-corrected chi connectivity index (χ0v) is 17.4. The molecule has 154 valence electrons. The van der Waals surface area contributed by atoms with Crippen LogP contribution in [-0.4, -0.2) is 75.2 Å². The Balaban J connectivity index is 1.28. The SMILES string of the molecule is CN(C)C1CCN(c2ccc(NC(=O)N3CCN(c4ccccc4)CC3)cc2)C1. The molecular weight excluding hydrogens is 362 g/mol. The Hall–Kier alpha value is -2.73. The molecule has 2 saturated heterocycles. The second-order valence-corrected chi connectivity index (χ2v) is 8.14. The molecule has 0 radical (unpaired) electrons. The van der Waals surface area contributed by atoms with Crippen molar-refractivity contribution in [3.8, 4) is 0 Å².